The second kappa shape index (κ2) is 6.61. The van der Waals surface area contributed by atoms with Gasteiger partial charge in [0.1, 0.15) is 12.4 Å². The molecule has 0 radical (unpaired) electrons. The number of esters is 1. The fourth-order valence-corrected chi connectivity index (χ4v) is 8.16. The molecular weight excluding hydrogens is 360 g/mol. The van der Waals surface area contributed by atoms with Crippen LogP contribution in [0.4, 0.5) is 0 Å². The molecule has 0 spiro atoms. The first-order valence-corrected chi connectivity index (χ1v) is 11.1. The maximum Gasteiger partial charge on any atom is 0.302 e. The van der Waals surface area contributed by atoms with Gasteiger partial charge in [-0.05, 0) is 67.6 Å². The van der Waals surface area contributed by atoms with Gasteiger partial charge in [0.2, 0.25) is 0 Å². The number of carbonyl (C=O) groups is 2. The maximum atomic E-state index is 11.9. The standard InChI is InChI=1S/C23H33ClO3/c1-13-5-6-18-20(27-14(2)26)10-16-17(23(18,4)11-13)7-8-22(3)19(16)9-15(12-25)21(22)24/h12-13,16-20H,5-11H2,1-4H3. The highest BCUT2D eigenvalue weighted by molar-refractivity contribution is 6.32. The molecule has 8 unspecified atom stereocenters. The summed E-state index contributed by atoms with van der Waals surface area (Å²) in [5.41, 5.74) is 0.944. The van der Waals surface area contributed by atoms with Gasteiger partial charge in [0.15, 0.2) is 0 Å². The third kappa shape index (κ3) is 2.82. The average Bonchev–Trinajstić information content (AvgIpc) is 2.85. The van der Waals surface area contributed by atoms with Crippen molar-refractivity contribution in [2.24, 2.45) is 40.4 Å². The van der Waals surface area contributed by atoms with E-state index in [-0.39, 0.29) is 22.9 Å². The van der Waals surface area contributed by atoms with Gasteiger partial charge in [-0.15, -0.1) is 0 Å². The number of halogens is 1. The Bertz CT molecular complexity index is 685. The van der Waals surface area contributed by atoms with E-state index in [0.29, 0.717) is 23.7 Å². The fourth-order valence-electron chi connectivity index (χ4n) is 7.81. The molecule has 3 fully saturated rings. The largest absolute Gasteiger partial charge is 0.462 e. The van der Waals surface area contributed by atoms with Crippen molar-refractivity contribution < 1.29 is 14.3 Å². The van der Waals surface area contributed by atoms with Crippen molar-refractivity contribution in [3.8, 4) is 0 Å². The van der Waals surface area contributed by atoms with Gasteiger partial charge in [-0.25, -0.2) is 0 Å². The van der Waals surface area contributed by atoms with Gasteiger partial charge in [-0.2, -0.15) is 0 Å². The van der Waals surface area contributed by atoms with E-state index in [1.807, 2.05) is 0 Å². The summed E-state index contributed by atoms with van der Waals surface area (Å²) >= 11 is 6.70. The zero-order valence-electron chi connectivity index (χ0n) is 17.1. The number of allylic oxidation sites excluding steroid dienone is 2. The highest BCUT2D eigenvalue weighted by atomic mass is 35.5. The quantitative estimate of drug-likeness (QED) is 0.459. The molecule has 0 amide bonds. The number of hydrogen-bond acceptors (Lipinski definition) is 3. The van der Waals surface area contributed by atoms with Crippen molar-refractivity contribution in [1.29, 1.82) is 0 Å². The van der Waals surface area contributed by atoms with Crippen molar-refractivity contribution in [3.05, 3.63) is 10.6 Å². The molecule has 0 aromatic rings. The number of hydrogen-bond donors (Lipinski definition) is 0. The Morgan fingerprint density at radius 2 is 1.93 bits per heavy atom. The van der Waals surface area contributed by atoms with E-state index >= 15 is 0 Å². The molecule has 0 heterocycles. The van der Waals surface area contributed by atoms with Crippen molar-refractivity contribution in [2.75, 3.05) is 0 Å². The van der Waals surface area contributed by atoms with E-state index < -0.39 is 0 Å². The average molecular weight is 393 g/mol. The molecule has 8 atom stereocenters. The Labute approximate surface area is 168 Å². The van der Waals surface area contributed by atoms with Crippen LogP contribution in [-0.4, -0.2) is 18.4 Å². The van der Waals surface area contributed by atoms with Crippen LogP contribution in [0.25, 0.3) is 0 Å². The molecule has 0 aromatic heterocycles. The first-order valence-electron chi connectivity index (χ1n) is 10.7. The van der Waals surface area contributed by atoms with Gasteiger partial charge >= 0.3 is 5.97 Å². The van der Waals surface area contributed by atoms with Crippen molar-refractivity contribution in [3.63, 3.8) is 0 Å². The lowest BCUT2D eigenvalue weighted by atomic mass is 9.44. The molecule has 0 saturated heterocycles. The lowest BCUT2D eigenvalue weighted by Crippen LogP contribution is -2.58. The first kappa shape index (κ1) is 19.5. The molecule has 4 aliphatic rings. The van der Waals surface area contributed by atoms with Crippen molar-refractivity contribution >= 4 is 23.9 Å². The smallest absolute Gasteiger partial charge is 0.302 e. The number of aldehydes is 1. The monoisotopic (exact) mass is 392 g/mol. The van der Waals surface area contributed by atoms with E-state index in [4.69, 9.17) is 16.3 Å². The molecular formula is C23H33ClO3. The van der Waals surface area contributed by atoms with Crippen LogP contribution in [0.2, 0.25) is 0 Å². The number of rotatable bonds is 2. The predicted molar refractivity (Wildman–Crippen MR) is 106 cm³/mol. The predicted octanol–water partition coefficient (Wildman–Crippen LogP) is 5.51. The maximum absolute atomic E-state index is 11.9. The van der Waals surface area contributed by atoms with Gasteiger partial charge in [-0.3, -0.25) is 9.59 Å². The van der Waals surface area contributed by atoms with E-state index in [9.17, 15) is 9.59 Å². The Morgan fingerprint density at radius 1 is 1.19 bits per heavy atom. The molecule has 4 rings (SSSR count). The van der Waals surface area contributed by atoms with Crippen LogP contribution < -0.4 is 0 Å². The lowest BCUT2D eigenvalue weighted by molar-refractivity contribution is -0.184. The van der Waals surface area contributed by atoms with Gasteiger partial charge in [-0.1, -0.05) is 38.8 Å². The zero-order chi connectivity index (χ0) is 19.6. The summed E-state index contributed by atoms with van der Waals surface area (Å²) in [6, 6.07) is 0. The van der Waals surface area contributed by atoms with E-state index in [0.717, 1.165) is 42.1 Å². The Morgan fingerprint density at radius 3 is 2.59 bits per heavy atom. The van der Waals surface area contributed by atoms with Crippen LogP contribution in [0.1, 0.15) is 72.6 Å². The van der Waals surface area contributed by atoms with Gasteiger partial charge in [0.25, 0.3) is 0 Å². The SMILES string of the molecule is CC(=O)OC1CC2C3CC(C=O)=C(Cl)C3(C)CCC2C2(C)CC(C)CCC12. The molecule has 4 aliphatic carbocycles. The minimum Gasteiger partial charge on any atom is -0.462 e. The van der Waals surface area contributed by atoms with E-state index in [1.54, 1.807) is 6.92 Å². The third-order valence-corrected chi connectivity index (χ3v) is 9.59. The highest BCUT2D eigenvalue weighted by Crippen LogP contribution is 2.68. The first-order chi connectivity index (χ1) is 12.7. The van der Waals surface area contributed by atoms with Crippen LogP contribution in [0.5, 0.6) is 0 Å². The number of fused-ring (bicyclic) bond motifs is 5. The molecule has 0 N–H and O–H groups in total. The Hall–Kier alpha value is -0.830. The molecule has 3 saturated carbocycles. The minimum absolute atomic E-state index is 0.0163. The topological polar surface area (TPSA) is 43.4 Å². The van der Waals surface area contributed by atoms with Gasteiger partial charge in [0.05, 0.1) is 0 Å². The molecule has 150 valence electrons. The van der Waals surface area contributed by atoms with Crippen LogP contribution >= 0.6 is 11.6 Å². The molecule has 0 aliphatic heterocycles. The summed E-state index contributed by atoms with van der Waals surface area (Å²) in [6.07, 6.45) is 8.60. The molecule has 0 aromatic carbocycles. The molecule has 4 heteroatoms. The lowest BCUT2D eigenvalue weighted by Gasteiger charge is -2.62. The zero-order valence-corrected chi connectivity index (χ0v) is 17.8. The molecule has 3 nitrogen and oxygen atoms in total. The summed E-state index contributed by atoms with van der Waals surface area (Å²) in [4.78, 5) is 23.5. The van der Waals surface area contributed by atoms with Gasteiger partial charge in [0, 0.05) is 28.9 Å². The van der Waals surface area contributed by atoms with Crippen LogP contribution in [0, 0.1) is 40.4 Å². The van der Waals surface area contributed by atoms with Crippen molar-refractivity contribution in [1.82, 2.24) is 0 Å². The second-order valence-electron chi connectivity index (χ2n) is 10.4. The molecule has 0 bridgehead atoms. The Balaban J connectivity index is 1.71. The van der Waals surface area contributed by atoms with E-state index in [1.165, 1.54) is 25.7 Å². The third-order valence-electron chi connectivity index (χ3n) is 8.92. The summed E-state index contributed by atoms with van der Waals surface area (Å²) in [6.45, 7) is 8.63. The van der Waals surface area contributed by atoms with Crippen LogP contribution in [0.15, 0.2) is 10.6 Å². The summed E-state index contributed by atoms with van der Waals surface area (Å²) < 4.78 is 5.92. The van der Waals surface area contributed by atoms with Crippen LogP contribution in [-0.2, 0) is 14.3 Å². The number of ether oxygens (including phenoxy) is 1. The summed E-state index contributed by atoms with van der Waals surface area (Å²) in [5.74, 6) is 2.56. The summed E-state index contributed by atoms with van der Waals surface area (Å²) in [7, 11) is 0. The number of carbonyl (C=O) groups excluding carboxylic acids is 2. The summed E-state index contributed by atoms with van der Waals surface area (Å²) in [5, 5.41) is 0.800. The van der Waals surface area contributed by atoms with Crippen molar-refractivity contribution in [2.45, 2.75) is 78.7 Å². The fraction of sp³-hybridized carbons (Fsp3) is 0.826. The minimum atomic E-state index is -0.158. The van der Waals surface area contributed by atoms with Crippen LogP contribution in [0.3, 0.4) is 0 Å². The molecule has 27 heavy (non-hydrogen) atoms. The second-order valence-corrected chi connectivity index (χ2v) is 10.8. The normalized spacial score (nSPS) is 49.1. The van der Waals surface area contributed by atoms with E-state index in [2.05, 4.69) is 20.8 Å². The highest BCUT2D eigenvalue weighted by Gasteiger charge is 2.62. The van der Waals surface area contributed by atoms with Gasteiger partial charge < -0.3 is 4.74 Å². The Kier molecular flexibility index (Phi) is 4.77.